The van der Waals surface area contributed by atoms with Crippen molar-refractivity contribution in [3.63, 3.8) is 0 Å². The van der Waals surface area contributed by atoms with E-state index in [1.807, 2.05) is 30.3 Å². The zero-order valence-electron chi connectivity index (χ0n) is 10.4. The van der Waals surface area contributed by atoms with E-state index < -0.39 is 18.8 Å². The van der Waals surface area contributed by atoms with Gasteiger partial charge in [0.25, 0.3) is 0 Å². The van der Waals surface area contributed by atoms with Crippen molar-refractivity contribution in [1.29, 1.82) is 0 Å². The zero-order valence-corrected chi connectivity index (χ0v) is 10.4. The molecule has 0 aliphatic heterocycles. The van der Waals surface area contributed by atoms with Crippen LogP contribution >= 0.6 is 0 Å². The van der Waals surface area contributed by atoms with Crippen molar-refractivity contribution in [2.75, 3.05) is 6.61 Å². The van der Waals surface area contributed by atoms with E-state index in [0.717, 1.165) is 11.1 Å². The minimum absolute atomic E-state index is 0.0916. The molecule has 20 heavy (non-hydrogen) atoms. The van der Waals surface area contributed by atoms with Crippen molar-refractivity contribution in [3.05, 3.63) is 60.2 Å². The highest BCUT2D eigenvalue weighted by Gasteiger charge is 2.29. The summed E-state index contributed by atoms with van der Waals surface area (Å²) in [6.45, 7) is -1.58. The maximum atomic E-state index is 11.9. The van der Waals surface area contributed by atoms with Crippen molar-refractivity contribution < 1.29 is 22.7 Å². The molecule has 0 N–H and O–H groups in total. The van der Waals surface area contributed by atoms with Crippen molar-refractivity contribution in [1.82, 2.24) is 0 Å². The fourth-order valence-electron chi connectivity index (χ4n) is 1.66. The maximum absolute atomic E-state index is 11.9. The molecule has 0 heterocycles. The largest absolute Gasteiger partial charge is 0.452 e. The predicted molar refractivity (Wildman–Crippen MR) is 68.2 cm³/mol. The van der Waals surface area contributed by atoms with Crippen LogP contribution in [0.1, 0.15) is 10.4 Å². The monoisotopic (exact) mass is 280 g/mol. The standard InChI is InChI=1S/C15H11F3O2/c16-15(17,18)10-20-14(19)13-8-6-12(7-9-13)11-4-2-1-3-5-11/h1-9H,10H2. The topological polar surface area (TPSA) is 26.3 Å². The van der Waals surface area contributed by atoms with Gasteiger partial charge >= 0.3 is 12.1 Å². The third kappa shape index (κ3) is 3.85. The van der Waals surface area contributed by atoms with E-state index >= 15 is 0 Å². The van der Waals surface area contributed by atoms with E-state index in [2.05, 4.69) is 4.74 Å². The molecule has 2 nitrogen and oxygen atoms in total. The number of hydrogen-bond donors (Lipinski definition) is 0. The van der Waals surface area contributed by atoms with Gasteiger partial charge in [-0.3, -0.25) is 0 Å². The first-order valence-electron chi connectivity index (χ1n) is 5.85. The van der Waals surface area contributed by atoms with Crippen LogP contribution in [-0.4, -0.2) is 18.8 Å². The van der Waals surface area contributed by atoms with E-state index in [0.29, 0.717) is 0 Å². The van der Waals surface area contributed by atoms with Gasteiger partial charge in [0.1, 0.15) is 0 Å². The normalized spacial score (nSPS) is 11.2. The summed E-state index contributed by atoms with van der Waals surface area (Å²) < 4.78 is 40.0. The highest BCUT2D eigenvalue weighted by atomic mass is 19.4. The fraction of sp³-hybridized carbons (Fsp3) is 0.133. The summed E-state index contributed by atoms with van der Waals surface area (Å²) >= 11 is 0. The van der Waals surface area contributed by atoms with Gasteiger partial charge < -0.3 is 4.74 Å². The van der Waals surface area contributed by atoms with E-state index in [9.17, 15) is 18.0 Å². The molecule has 0 bridgehead atoms. The number of ether oxygens (including phenoxy) is 1. The molecule has 0 radical (unpaired) electrons. The van der Waals surface area contributed by atoms with Crippen LogP contribution in [0.25, 0.3) is 11.1 Å². The lowest BCUT2D eigenvalue weighted by atomic mass is 10.0. The molecule has 0 aliphatic rings. The van der Waals surface area contributed by atoms with Gasteiger partial charge in [-0.1, -0.05) is 42.5 Å². The number of halogens is 3. The second-order valence-corrected chi connectivity index (χ2v) is 4.13. The summed E-state index contributed by atoms with van der Waals surface area (Å²) in [5, 5.41) is 0. The van der Waals surface area contributed by atoms with Crippen LogP contribution in [0.3, 0.4) is 0 Å². The van der Waals surface area contributed by atoms with Crippen LogP contribution in [-0.2, 0) is 4.74 Å². The first-order valence-corrected chi connectivity index (χ1v) is 5.85. The number of carbonyl (C=O) groups is 1. The average Bonchev–Trinajstić information content (AvgIpc) is 2.45. The molecule has 0 aliphatic carbocycles. The maximum Gasteiger partial charge on any atom is 0.422 e. The van der Waals surface area contributed by atoms with Crippen LogP contribution in [0.2, 0.25) is 0 Å². The Morgan fingerprint density at radius 1 is 0.900 bits per heavy atom. The Morgan fingerprint density at radius 2 is 1.45 bits per heavy atom. The molecular formula is C15H11F3O2. The number of alkyl halides is 3. The molecule has 0 atom stereocenters. The fourth-order valence-corrected chi connectivity index (χ4v) is 1.66. The van der Waals surface area contributed by atoms with Crippen molar-refractivity contribution in [3.8, 4) is 11.1 Å². The summed E-state index contributed by atoms with van der Waals surface area (Å²) in [4.78, 5) is 11.4. The van der Waals surface area contributed by atoms with Gasteiger partial charge in [0.05, 0.1) is 5.56 Å². The van der Waals surface area contributed by atoms with Gasteiger partial charge in [0.2, 0.25) is 0 Å². The van der Waals surface area contributed by atoms with Crippen molar-refractivity contribution >= 4 is 5.97 Å². The number of hydrogen-bond acceptors (Lipinski definition) is 2. The third-order valence-corrected chi connectivity index (χ3v) is 2.59. The van der Waals surface area contributed by atoms with E-state index in [4.69, 9.17) is 0 Å². The predicted octanol–water partition coefficient (Wildman–Crippen LogP) is 4.07. The molecular weight excluding hydrogens is 269 g/mol. The molecule has 0 unspecified atom stereocenters. The smallest absolute Gasteiger partial charge is 0.422 e. The van der Waals surface area contributed by atoms with Gasteiger partial charge in [0, 0.05) is 0 Å². The SMILES string of the molecule is O=C(OCC(F)(F)F)c1ccc(-c2ccccc2)cc1. The van der Waals surface area contributed by atoms with Crippen LogP contribution in [0.15, 0.2) is 54.6 Å². The van der Waals surface area contributed by atoms with Crippen LogP contribution in [0.4, 0.5) is 13.2 Å². The van der Waals surface area contributed by atoms with Crippen molar-refractivity contribution in [2.24, 2.45) is 0 Å². The van der Waals surface area contributed by atoms with Gasteiger partial charge in [-0.15, -0.1) is 0 Å². The lowest BCUT2D eigenvalue weighted by molar-refractivity contribution is -0.161. The molecule has 2 aromatic carbocycles. The minimum atomic E-state index is -4.51. The quantitative estimate of drug-likeness (QED) is 0.792. The van der Waals surface area contributed by atoms with E-state index in [1.165, 1.54) is 12.1 Å². The molecule has 0 saturated heterocycles. The third-order valence-electron chi connectivity index (χ3n) is 2.59. The molecule has 0 spiro atoms. The van der Waals surface area contributed by atoms with Crippen LogP contribution in [0.5, 0.6) is 0 Å². The molecule has 0 aromatic heterocycles. The Bertz CT molecular complexity index is 574. The van der Waals surface area contributed by atoms with E-state index in [-0.39, 0.29) is 5.56 Å². The summed E-state index contributed by atoms with van der Waals surface area (Å²) in [6.07, 6.45) is -4.51. The second-order valence-electron chi connectivity index (χ2n) is 4.13. The lowest BCUT2D eigenvalue weighted by Crippen LogP contribution is -2.20. The Balaban J connectivity index is 2.07. The first kappa shape index (κ1) is 14.1. The van der Waals surface area contributed by atoms with Gasteiger partial charge in [-0.05, 0) is 23.3 Å². The Labute approximate surface area is 113 Å². The number of benzene rings is 2. The minimum Gasteiger partial charge on any atom is -0.452 e. The summed E-state index contributed by atoms with van der Waals surface area (Å²) in [5.74, 6) is -0.984. The highest BCUT2D eigenvalue weighted by Crippen LogP contribution is 2.20. The summed E-state index contributed by atoms with van der Waals surface area (Å²) in [6, 6.07) is 15.7. The van der Waals surface area contributed by atoms with Crippen LogP contribution < -0.4 is 0 Å². The molecule has 5 heteroatoms. The Hall–Kier alpha value is -2.30. The highest BCUT2D eigenvalue weighted by molar-refractivity contribution is 5.90. The molecule has 0 amide bonds. The zero-order chi connectivity index (χ0) is 14.6. The summed E-state index contributed by atoms with van der Waals surface area (Å²) in [5.41, 5.74) is 1.93. The summed E-state index contributed by atoms with van der Waals surface area (Å²) in [7, 11) is 0. The average molecular weight is 280 g/mol. The molecule has 0 fully saturated rings. The second kappa shape index (κ2) is 5.77. The number of esters is 1. The Kier molecular flexibility index (Phi) is 4.08. The lowest BCUT2D eigenvalue weighted by Gasteiger charge is -2.08. The van der Waals surface area contributed by atoms with Gasteiger partial charge in [0.15, 0.2) is 6.61 Å². The Morgan fingerprint density at radius 3 is 2.00 bits per heavy atom. The molecule has 2 rings (SSSR count). The van der Waals surface area contributed by atoms with E-state index in [1.54, 1.807) is 12.1 Å². The number of rotatable bonds is 3. The number of carbonyl (C=O) groups excluding carboxylic acids is 1. The van der Waals surface area contributed by atoms with Crippen LogP contribution in [0, 0.1) is 0 Å². The molecule has 104 valence electrons. The first-order chi connectivity index (χ1) is 9.46. The molecule has 0 saturated carbocycles. The van der Waals surface area contributed by atoms with Gasteiger partial charge in [-0.25, -0.2) is 4.79 Å². The van der Waals surface area contributed by atoms with Crippen molar-refractivity contribution in [2.45, 2.75) is 6.18 Å². The molecule has 2 aromatic rings. The van der Waals surface area contributed by atoms with Gasteiger partial charge in [-0.2, -0.15) is 13.2 Å².